The second-order valence-electron chi connectivity index (χ2n) is 5.72. The minimum absolute atomic E-state index is 0.241. The van der Waals surface area contributed by atoms with Gasteiger partial charge in [-0.15, -0.1) is 0 Å². The van der Waals surface area contributed by atoms with E-state index in [0.29, 0.717) is 29.1 Å². The quantitative estimate of drug-likeness (QED) is 0.797. The summed E-state index contributed by atoms with van der Waals surface area (Å²) in [6.07, 6.45) is 2.19. The fourth-order valence-electron chi connectivity index (χ4n) is 3.04. The Labute approximate surface area is 139 Å². The maximum atomic E-state index is 13.1. The van der Waals surface area contributed by atoms with Crippen LogP contribution in [0.4, 0.5) is 0 Å². The Hall–Kier alpha value is -0.470. The molecule has 122 valence electrons. The van der Waals surface area contributed by atoms with E-state index < -0.39 is 16.3 Å². The van der Waals surface area contributed by atoms with Crippen molar-refractivity contribution in [3.63, 3.8) is 0 Å². The van der Waals surface area contributed by atoms with Crippen LogP contribution in [0.1, 0.15) is 24.8 Å². The van der Waals surface area contributed by atoms with Gasteiger partial charge in [-0.25, -0.2) is 8.42 Å². The summed E-state index contributed by atoms with van der Waals surface area (Å²) in [4.78, 5) is 0.308. The summed E-state index contributed by atoms with van der Waals surface area (Å²) < 4.78 is 39.4. The van der Waals surface area contributed by atoms with E-state index in [4.69, 9.17) is 9.47 Å². The number of sulfonamides is 1. The number of piperidine rings is 1. The van der Waals surface area contributed by atoms with E-state index in [1.165, 1.54) is 0 Å². The summed E-state index contributed by atoms with van der Waals surface area (Å²) in [6, 6.07) is 5.07. The second-order valence-corrected chi connectivity index (χ2v) is 8.44. The van der Waals surface area contributed by atoms with Crippen LogP contribution in [0.5, 0.6) is 0 Å². The number of halogens is 1. The second kappa shape index (κ2) is 6.57. The Morgan fingerprint density at radius 2 is 1.95 bits per heavy atom. The molecule has 2 heterocycles. The lowest BCUT2D eigenvalue weighted by molar-refractivity contribution is -0.0913. The average molecular weight is 390 g/mol. The first-order chi connectivity index (χ1) is 10.5. The van der Waals surface area contributed by atoms with Gasteiger partial charge in [0.1, 0.15) is 0 Å². The van der Waals surface area contributed by atoms with Crippen LogP contribution in [0.25, 0.3) is 0 Å². The summed E-state index contributed by atoms with van der Waals surface area (Å²) in [5.41, 5.74) is 1.02. The van der Waals surface area contributed by atoms with Crippen LogP contribution in [-0.4, -0.2) is 44.8 Å². The molecule has 7 heteroatoms. The Balaban J connectivity index is 1.94. The Kier molecular flexibility index (Phi) is 4.89. The standard InChI is InChI=1S/C15H20BrNO4S/c1-11-5-6-14(12(16)10-11)22(18,19)17-7-3-2-4-13(17)15-20-8-9-21-15/h5-6,10,13,15H,2-4,7-9H2,1H3. The van der Waals surface area contributed by atoms with E-state index in [0.717, 1.165) is 24.8 Å². The highest BCUT2D eigenvalue weighted by atomic mass is 79.9. The van der Waals surface area contributed by atoms with Crippen LogP contribution in [0.2, 0.25) is 0 Å². The van der Waals surface area contributed by atoms with E-state index in [-0.39, 0.29) is 6.04 Å². The van der Waals surface area contributed by atoms with Gasteiger partial charge in [-0.3, -0.25) is 0 Å². The predicted octanol–water partition coefficient (Wildman–Crippen LogP) is 2.67. The first-order valence-electron chi connectivity index (χ1n) is 7.51. The van der Waals surface area contributed by atoms with Crippen LogP contribution in [-0.2, 0) is 19.5 Å². The first kappa shape index (κ1) is 16.4. The Morgan fingerprint density at radius 3 is 2.64 bits per heavy atom. The van der Waals surface area contributed by atoms with Crippen molar-refractivity contribution in [2.24, 2.45) is 0 Å². The summed E-state index contributed by atoms with van der Waals surface area (Å²) in [5.74, 6) is 0. The minimum atomic E-state index is -3.57. The van der Waals surface area contributed by atoms with E-state index in [1.807, 2.05) is 19.1 Å². The zero-order chi connectivity index (χ0) is 15.7. The predicted molar refractivity (Wildman–Crippen MR) is 86.1 cm³/mol. The number of rotatable bonds is 3. The lowest BCUT2D eigenvalue weighted by Gasteiger charge is -2.37. The zero-order valence-electron chi connectivity index (χ0n) is 12.5. The SMILES string of the molecule is Cc1ccc(S(=O)(=O)N2CCCCC2C2OCCO2)c(Br)c1. The number of hydrogen-bond acceptors (Lipinski definition) is 4. The molecule has 1 aromatic rings. The highest BCUT2D eigenvalue weighted by Gasteiger charge is 2.40. The molecule has 0 aromatic heterocycles. The van der Waals surface area contributed by atoms with Crippen LogP contribution >= 0.6 is 15.9 Å². The normalized spacial score (nSPS) is 24.7. The van der Waals surface area contributed by atoms with Crippen molar-refractivity contribution in [2.75, 3.05) is 19.8 Å². The van der Waals surface area contributed by atoms with E-state index in [2.05, 4.69) is 15.9 Å². The van der Waals surface area contributed by atoms with Gasteiger partial charge in [-0.05, 0) is 53.4 Å². The third kappa shape index (κ3) is 3.10. The molecule has 2 aliphatic heterocycles. The molecule has 3 rings (SSSR count). The molecule has 0 saturated carbocycles. The number of hydrogen-bond donors (Lipinski definition) is 0. The van der Waals surface area contributed by atoms with Crippen molar-refractivity contribution in [3.8, 4) is 0 Å². The van der Waals surface area contributed by atoms with E-state index in [1.54, 1.807) is 10.4 Å². The van der Waals surface area contributed by atoms with Crippen molar-refractivity contribution < 1.29 is 17.9 Å². The summed E-state index contributed by atoms with van der Waals surface area (Å²) in [7, 11) is -3.57. The Morgan fingerprint density at radius 1 is 1.23 bits per heavy atom. The molecular formula is C15H20BrNO4S. The van der Waals surface area contributed by atoms with Crippen molar-refractivity contribution in [1.82, 2.24) is 4.31 Å². The maximum absolute atomic E-state index is 13.1. The van der Waals surface area contributed by atoms with Crippen molar-refractivity contribution in [3.05, 3.63) is 28.2 Å². The van der Waals surface area contributed by atoms with Crippen molar-refractivity contribution in [1.29, 1.82) is 0 Å². The third-order valence-electron chi connectivity index (χ3n) is 4.13. The number of benzene rings is 1. The molecule has 0 aliphatic carbocycles. The van der Waals surface area contributed by atoms with Crippen LogP contribution in [0.3, 0.4) is 0 Å². The van der Waals surface area contributed by atoms with Crippen LogP contribution in [0, 0.1) is 6.92 Å². The van der Waals surface area contributed by atoms with Gasteiger partial charge in [0.05, 0.1) is 24.2 Å². The van der Waals surface area contributed by atoms with Gasteiger partial charge in [-0.1, -0.05) is 12.5 Å². The fraction of sp³-hybridized carbons (Fsp3) is 0.600. The molecule has 22 heavy (non-hydrogen) atoms. The van der Waals surface area contributed by atoms with Gasteiger partial charge < -0.3 is 9.47 Å². The van der Waals surface area contributed by atoms with Gasteiger partial charge in [0.2, 0.25) is 10.0 Å². The highest BCUT2D eigenvalue weighted by molar-refractivity contribution is 9.10. The fourth-order valence-corrected chi connectivity index (χ4v) is 5.88. The average Bonchev–Trinajstić information content (AvgIpc) is 3.01. The Bertz CT molecular complexity index is 643. The molecule has 2 saturated heterocycles. The zero-order valence-corrected chi connectivity index (χ0v) is 14.9. The smallest absolute Gasteiger partial charge is 0.244 e. The number of nitrogens with zero attached hydrogens (tertiary/aromatic N) is 1. The number of aryl methyl sites for hydroxylation is 1. The maximum Gasteiger partial charge on any atom is 0.244 e. The lowest BCUT2D eigenvalue weighted by atomic mass is 10.0. The van der Waals surface area contributed by atoms with Crippen molar-refractivity contribution >= 4 is 26.0 Å². The van der Waals surface area contributed by atoms with Gasteiger partial charge >= 0.3 is 0 Å². The molecule has 0 bridgehead atoms. The molecule has 1 atom stereocenters. The van der Waals surface area contributed by atoms with Gasteiger partial charge in [0.25, 0.3) is 0 Å². The molecule has 1 unspecified atom stereocenters. The molecule has 5 nitrogen and oxygen atoms in total. The van der Waals surface area contributed by atoms with Gasteiger partial charge in [-0.2, -0.15) is 4.31 Å². The van der Waals surface area contributed by atoms with Gasteiger partial charge in [0.15, 0.2) is 6.29 Å². The molecule has 0 amide bonds. The van der Waals surface area contributed by atoms with E-state index in [9.17, 15) is 8.42 Å². The summed E-state index contributed by atoms with van der Waals surface area (Å²) >= 11 is 3.38. The lowest BCUT2D eigenvalue weighted by Crippen LogP contribution is -2.50. The topological polar surface area (TPSA) is 55.8 Å². The van der Waals surface area contributed by atoms with Crippen LogP contribution < -0.4 is 0 Å². The van der Waals surface area contributed by atoms with E-state index >= 15 is 0 Å². The molecule has 2 fully saturated rings. The summed E-state index contributed by atoms with van der Waals surface area (Å²) in [6.45, 7) is 3.51. The minimum Gasteiger partial charge on any atom is -0.349 e. The van der Waals surface area contributed by atoms with Crippen LogP contribution in [0.15, 0.2) is 27.6 Å². The summed E-state index contributed by atoms with van der Waals surface area (Å²) in [5, 5.41) is 0. The molecule has 1 aromatic carbocycles. The molecule has 0 N–H and O–H groups in total. The molecular weight excluding hydrogens is 370 g/mol. The van der Waals surface area contributed by atoms with Crippen molar-refractivity contribution in [2.45, 2.75) is 43.4 Å². The largest absolute Gasteiger partial charge is 0.349 e. The highest BCUT2D eigenvalue weighted by Crippen LogP contribution is 2.32. The first-order valence-corrected chi connectivity index (χ1v) is 9.74. The molecule has 0 radical (unpaired) electrons. The van der Waals surface area contributed by atoms with Gasteiger partial charge in [0, 0.05) is 11.0 Å². The monoisotopic (exact) mass is 389 g/mol. The number of ether oxygens (including phenoxy) is 2. The molecule has 0 spiro atoms. The molecule has 2 aliphatic rings. The third-order valence-corrected chi connectivity index (χ3v) is 7.04.